The third kappa shape index (κ3) is 2.80. The number of hydrogen-bond acceptors (Lipinski definition) is 0. The number of fused-ring (bicyclic) bond motifs is 1. The minimum absolute atomic E-state index is 1.25. The van der Waals surface area contributed by atoms with E-state index in [4.69, 9.17) is 0 Å². The van der Waals surface area contributed by atoms with Crippen LogP contribution in [0.3, 0.4) is 0 Å². The fraction of sp³-hybridized carbons (Fsp3) is 0. The van der Waals surface area contributed by atoms with E-state index in [1.54, 1.807) is 0 Å². The summed E-state index contributed by atoms with van der Waals surface area (Å²) in [4.78, 5) is 0. The third-order valence-electron chi connectivity index (χ3n) is 5.26. The van der Waals surface area contributed by atoms with Crippen LogP contribution in [0.4, 0.5) is 0 Å². The van der Waals surface area contributed by atoms with Crippen LogP contribution in [0.2, 0.25) is 0 Å². The number of rotatable bonds is 3. The predicted octanol–water partition coefficient (Wildman–Crippen LogP) is 7.79. The molecule has 0 saturated carbocycles. The molecule has 0 radical (unpaired) electrons. The van der Waals surface area contributed by atoms with Gasteiger partial charge in [0.15, 0.2) is 0 Å². The smallest absolute Gasteiger partial charge is 0.00143 e. The van der Waals surface area contributed by atoms with Gasteiger partial charge in [0.1, 0.15) is 0 Å². The Bertz CT molecular complexity index is 1100. The molecule has 0 N–H and O–H groups in total. The van der Waals surface area contributed by atoms with Crippen molar-refractivity contribution in [3.63, 3.8) is 0 Å². The molecule has 2 aliphatic carbocycles. The lowest BCUT2D eigenvalue weighted by Gasteiger charge is -2.10. The molecule has 3 aromatic rings. The van der Waals surface area contributed by atoms with Gasteiger partial charge in [0.2, 0.25) is 0 Å². The molecular weight excluding hydrogens is 336 g/mol. The van der Waals surface area contributed by atoms with E-state index in [2.05, 4.69) is 121 Å². The van der Waals surface area contributed by atoms with E-state index in [-0.39, 0.29) is 0 Å². The number of benzene rings is 3. The van der Waals surface area contributed by atoms with Gasteiger partial charge in [-0.1, -0.05) is 121 Å². The van der Waals surface area contributed by atoms with E-state index in [1.165, 1.54) is 44.5 Å². The van der Waals surface area contributed by atoms with Crippen molar-refractivity contribution in [1.29, 1.82) is 0 Å². The summed E-state index contributed by atoms with van der Waals surface area (Å²) >= 11 is 0. The van der Waals surface area contributed by atoms with Gasteiger partial charge < -0.3 is 0 Å². The highest BCUT2D eigenvalue weighted by molar-refractivity contribution is 6.10. The van der Waals surface area contributed by atoms with Crippen molar-refractivity contribution in [2.24, 2.45) is 0 Å². The number of hydrogen-bond donors (Lipinski definition) is 0. The van der Waals surface area contributed by atoms with Crippen LogP contribution in [-0.4, -0.2) is 0 Å². The van der Waals surface area contributed by atoms with Crippen molar-refractivity contribution in [3.05, 3.63) is 121 Å². The summed E-state index contributed by atoms with van der Waals surface area (Å²) < 4.78 is 0. The van der Waals surface area contributed by atoms with E-state index < -0.39 is 0 Å². The molecule has 3 aromatic carbocycles. The van der Waals surface area contributed by atoms with Crippen molar-refractivity contribution in [2.45, 2.75) is 0 Å². The van der Waals surface area contributed by atoms with Crippen molar-refractivity contribution in [3.8, 4) is 44.5 Å². The second-order valence-corrected chi connectivity index (χ2v) is 6.96. The van der Waals surface area contributed by atoms with Crippen LogP contribution in [0.1, 0.15) is 0 Å². The second-order valence-electron chi connectivity index (χ2n) is 6.96. The van der Waals surface area contributed by atoms with Gasteiger partial charge in [0.05, 0.1) is 0 Å². The molecule has 0 aromatic heterocycles. The Morgan fingerprint density at radius 1 is 0.250 bits per heavy atom. The molecule has 2 aliphatic rings. The summed E-state index contributed by atoms with van der Waals surface area (Å²) in [5.41, 5.74) is 10.2. The summed E-state index contributed by atoms with van der Waals surface area (Å²) in [5, 5.41) is 0. The Morgan fingerprint density at radius 2 is 0.536 bits per heavy atom. The normalized spacial score (nSPS) is 10.9. The minimum atomic E-state index is 1.25. The molecule has 0 spiro atoms. The van der Waals surface area contributed by atoms with Gasteiger partial charge in [-0.25, -0.2) is 0 Å². The van der Waals surface area contributed by atoms with E-state index in [9.17, 15) is 0 Å². The van der Waals surface area contributed by atoms with Crippen LogP contribution in [-0.2, 0) is 0 Å². The molecule has 0 fully saturated rings. The quantitative estimate of drug-likeness (QED) is 0.309. The topological polar surface area (TPSA) is 0 Å². The molecule has 0 atom stereocenters. The van der Waals surface area contributed by atoms with E-state index >= 15 is 0 Å². The lowest BCUT2D eigenvalue weighted by molar-refractivity contribution is 1.62. The van der Waals surface area contributed by atoms with Crippen LogP contribution in [0, 0.1) is 0 Å². The molecule has 0 heterocycles. The summed E-state index contributed by atoms with van der Waals surface area (Å²) in [5.74, 6) is 0. The van der Waals surface area contributed by atoms with Crippen LogP contribution >= 0.6 is 0 Å². The molecular formula is C28H20. The highest BCUT2D eigenvalue weighted by Crippen LogP contribution is 2.52. The first-order valence-corrected chi connectivity index (χ1v) is 9.64. The second kappa shape index (κ2) is 7.17. The molecule has 0 bridgehead atoms. The molecule has 0 unspecified atom stereocenters. The van der Waals surface area contributed by atoms with Gasteiger partial charge in [-0.3, -0.25) is 0 Å². The maximum atomic E-state index is 2.25. The molecule has 132 valence electrons. The molecule has 0 saturated heterocycles. The van der Waals surface area contributed by atoms with Gasteiger partial charge >= 0.3 is 0 Å². The maximum Gasteiger partial charge on any atom is -0.00143 e. The summed E-state index contributed by atoms with van der Waals surface area (Å²) in [6, 6.07) is 43.1. The van der Waals surface area contributed by atoms with Crippen molar-refractivity contribution >= 4 is 0 Å². The lowest BCUT2D eigenvalue weighted by atomic mass is 9.93. The lowest BCUT2D eigenvalue weighted by Crippen LogP contribution is -1.84. The van der Waals surface area contributed by atoms with Crippen molar-refractivity contribution < 1.29 is 0 Å². The summed E-state index contributed by atoms with van der Waals surface area (Å²) in [6.45, 7) is 0. The standard InChI is InChI=1S/C28H20/c1-5-13-21(14-6-1)26-24-19-11-4-12-20-25(24)27(22-15-7-2-8-16-22)28(26)23-17-9-3-10-18-23/h1-20H. The highest BCUT2D eigenvalue weighted by Gasteiger charge is 2.25. The predicted molar refractivity (Wildman–Crippen MR) is 119 cm³/mol. The Kier molecular flexibility index (Phi) is 4.23. The van der Waals surface area contributed by atoms with Gasteiger partial charge in [-0.05, 0) is 44.5 Å². The first kappa shape index (κ1) is 16.5. The monoisotopic (exact) mass is 356 g/mol. The molecule has 0 nitrogen and oxygen atoms in total. The van der Waals surface area contributed by atoms with Gasteiger partial charge in [0, 0.05) is 0 Å². The van der Waals surface area contributed by atoms with Gasteiger partial charge in [-0.2, -0.15) is 0 Å². The largest absolute Gasteiger partial charge is 0.0622 e. The Labute approximate surface area is 166 Å². The maximum absolute atomic E-state index is 2.25. The van der Waals surface area contributed by atoms with Crippen molar-refractivity contribution in [1.82, 2.24) is 0 Å². The molecule has 28 heavy (non-hydrogen) atoms. The summed E-state index contributed by atoms with van der Waals surface area (Å²) in [7, 11) is 0. The fourth-order valence-electron chi connectivity index (χ4n) is 4.08. The van der Waals surface area contributed by atoms with Crippen LogP contribution in [0.25, 0.3) is 44.5 Å². The van der Waals surface area contributed by atoms with Crippen LogP contribution in [0.5, 0.6) is 0 Å². The van der Waals surface area contributed by atoms with Crippen molar-refractivity contribution in [2.75, 3.05) is 0 Å². The third-order valence-corrected chi connectivity index (χ3v) is 5.26. The molecule has 0 amide bonds. The Hall–Kier alpha value is -3.64. The van der Waals surface area contributed by atoms with Gasteiger partial charge in [-0.15, -0.1) is 0 Å². The van der Waals surface area contributed by atoms with E-state index in [0.29, 0.717) is 0 Å². The van der Waals surface area contributed by atoms with E-state index in [1.807, 2.05) is 0 Å². The van der Waals surface area contributed by atoms with Crippen LogP contribution < -0.4 is 0 Å². The Balaban J connectivity index is 1.97. The van der Waals surface area contributed by atoms with Gasteiger partial charge in [0.25, 0.3) is 0 Å². The SMILES string of the molecule is c1ccc(-c2c3cccccc-3c(-c3ccccc3)c2-c2ccccc2)cc1. The first-order chi connectivity index (χ1) is 13.9. The zero-order valence-corrected chi connectivity index (χ0v) is 15.5. The minimum Gasteiger partial charge on any atom is -0.0622 e. The first-order valence-electron chi connectivity index (χ1n) is 9.64. The average Bonchev–Trinajstić information content (AvgIpc) is 2.91. The Morgan fingerprint density at radius 3 is 0.893 bits per heavy atom. The van der Waals surface area contributed by atoms with Crippen LogP contribution in [0.15, 0.2) is 121 Å². The zero-order valence-electron chi connectivity index (χ0n) is 15.5. The highest BCUT2D eigenvalue weighted by atomic mass is 14.3. The van der Waals surface area contributed by atoms with E-state index in [0.717, 1.165) is 0 Å². The zero-order chi connectivity index (χ0) is 18.8. The molecule has 0 heteroatoms. The summed E-state index contributed by atoms with van der Waals surface area (Å²) in [6.07, 6.45) is 0. The average molecular weight is 356 g/mol. The fourth-order valence-corrected chi connectivity index (χ4v) is 4.08. The molecule has 5 rings (SSSR count). The molecule has 0 aliphatic heterocycles.